The molecule has 2 atom stereocenters. The van der Waals surface area contributed by atoms with E-state index in [9.17, 15) is 9.59 Å². The van der Waals surface area contributed by atoms with E-state index in [0.717, 1.165) is 6.42 Å². The van der Waals surface area contributed by atoms with E-state index >= 15 is 0 Å². The van der Waals surface area contributed by atoms with E-state index in [2.05, 4.69) is 5.32 Å². The predicted molar refractivity (Wildman–Crippen MR) is 50.3 cm³/mol. The van der Waals surface area contributed by atoms with Gasteiger partial charge in [0.25, 0.3) is 0 Å². The van der Waals surface area contributed by atoms with Crippen LogP contribution in [-0.4, -0.2) is 31.1 Å². The second-order valence-corrected chi connectivity index (χ2v) is 3.37. The Bertz CT molecular complexity index is 230. The maximum atomic E-state index is 11.2. The summed E-state index contributed by atoms with van der Waals surface area (Å²) in [5.41, 5.74) is 5.59. The Morgan fingerprint density at radius 3 is 3.00 bits per heavy atom. The van der Waals surface area contributed by atoms with E-state index < -0.39 is 12.0 Å². The standard InChI is InChI=1S/C9H16N2O3/c1-2-14-9(13)7(10)5-6-3-4-11-8(6)12/h6-7H,2-5,10H2,1H3,(H,11,12)/t6-,7-/m0/s1. The first-order valence-corrected chi connectivity index (χ1v) is 4.85. The van der Waals surface area contributed by atoms with Crippen molar-refractivity contribution in [3.63, 3.8) is 0 Å². The van der Waals surface area contributed by atoms with Gasteiger partial charge in [-0.3, -0.25) is 9.59 Å². The van der Waals surface area contributed by atoms with Gasteiger partial charge < -0.3 is 15.8 Å². The molecule has 14 heavy (non-hydrogen) atoms. The molecule has 5 nitrogen and oxygen atoms in total. The third-order valence-electron chi connectivity index (χ3n) is 2.29. The Balaban J connectivity index is 2.35. The minimum Gasteiger partial charge on any atom is -0.465 e. The van der Waals surface area contributed by atoms with E-state index in [4.69, 9.17) is 10.5 Å². The fourth-order valence-corrected chi connectivity index (χ4v) is 1.52. The van der Waals surface area contributed by atoms with Gasteiger partial charge in [0.2, 0.25) is 5.91 Å². The van der Waals surface area contributed by atoms with Crippen LogP contribution in [0.5, 0.6) is 0 Å². The topological polar surface area (TPSA) is 81.4 Å². The molecule has 0 aromatic carbocycles. The van der Waals surface area contributed by atoms with Crippen LogP contribution in [-0.2, 0) is 14.3 Å². The SMILES string of the molecule is CCOC(=O)[C@@H](N)C[C@@H]1CCNC1=O. The number of rotatable bonds is 4. The molecule has 0 bridgehead atoms. The molecular formula is C9H16N2O3. The van der Waals surface area contributed by atoms with Crippen molar-refractivity contribution >= 4 is 11.9 Å². The van der Waals surface area contributed by atoms with E-state index in [1.165, 1.54) is 0 Å². The van der Waals surface area contributed by atoms with Crippen molar-refractivity contribution in [3.8, 4) is 0 Å². The third-order valence-corrected chi connectivity index (χ3v) is 2.29. The van der Waals surface area contributed by atoms with Crippen LogP contribution in [0.1, 0.15) is 19.8 Å². The zero-order chi connectivity index (χ0) is 10.6. The van der Waals surface area contributed by atoms with Crippen molar-refractivity contribution < 1.29 is 14.3 Å². The van der Waals surface area contributed by atoms with Gasteiger partial charge in [-0.2, -0.15) is 0 Å². The van der Waals surface area contributed by atoms with Crippen LogP contribution in [0.2, 0.25) is 0 Å². The summed E-state index contributed by atoms with van der Waals surface area (Å²) >= 11 is 0. The lowest BCUT2D eigenvalue weighted by atomic mass is 9.99. The molecule has 0 saturated carbocycles. The minimum atomic E-state index is -0.677. The average Bonchev–Trinajstić information content (AvgIpc) is 2.52. The molecule has 1 aliphatic heterocycles. The summed E-state index contributed by atoms with van der Waals surface area (Å²) in [6, 6.07) is -0.677. The monoisotopic (exact) mass is 200 g/mol. The maximum Gasteiger partial charge on any atom is 0.322 e. The molecule has 1 aliphatic rings. The summed E-state index contributed by atoms with van der Waals surface area (Å²) in [7, 11) is 0. The van der Waals surface area contributed by atoms with Gasteiger partial charge in [0, 0.05) is 12.5 Å². The Kier molecular flexibility index (Phi) is 3.88. The summed E-state index contributed by atoms with van der Waals surface area (Å²) in [6.07, 6.45) is 1.14. The molecule has 3 N–H and O–H groups in total. The quantitative estimate of drug-likeness (QED) is 0.594. The molecule has 80 valence electrons. The number of carbonyl (C=O) groups is 2. The lowest BCUT2D eigenvalue weighted by Crippen LogP contribution is -2.36. The van der Waals surface area contributed by atoms with Gasteiger partial charge in [-0.25, -0.2) is 0 Å². The van der Waals surface area contributed by atoms with Crippen LogP contribution in [0.4, 0.5) is 0 Å². The number of amides is 1. The number of hydrogen-bond donors (Lipinski definition) is 2. The van der Waals surface area contributed by atoms with E-state index in [0.29, 0.717) is 19.6 Å². The van der Waals surface area contributed by atoms with Crippen LogP contribution >= 0.6 is 0 Å². The highest BCUT2D eigenvalue weighted by atomic mass is 16.5. The zero-order valence-corrected chi connectivity index (χ0v) is 8.29. The van der Waals surface area contributed by atoms with Crippen LogP contribution in [0.3, 0.4) is 0 Å². The van der Waals surface area contributed by atoms with Crippen molar-refractivity contribution in [1.82, 2.24) is 5.32 Å². The number of ether oxygens (including phenoxy) is 1. The molecule has 1 heterocycles. The lowest BCUT2D eigenvalue weighted by molar-refractivity contribution is -0.145. The van der Waals surface area contributed by atoms with Gasteiger partial charge in [-0.05, 0) is 19.8 Å². The summed E-state index contributed by atoms with van der Waals surface area (Å²) < 4.78 is 4.75. The highest BCUT2D eigenvalue weighted by molar-refractivity contribution is 5.82. The number of esters is 1. The molecule has 0 radical (unpaired) electrons. The predicted octanol–water partition coefficient (Wildman–Crippen LogP) is -0.597. The van der Waals surface area contributed by atoms with Crippen LogP contribution in [0.25, 0.3) is 0 Å². The Morgan fingerprint density at radius 1 is 1.79 bits per heavy atom. The van der Waals surface area contributed by atoms with Gasteiger partial charge in [-0.1, -0.05) is 0 Å². The highest BCUT2D eigenvalue weighted by Gasteiger charge is 2.28. The Morgan fingerprint density at radius 2 is 2.50 bits per heavy atom. The van der Waals surface area contributed by atoms with Crippen molar-refractivity contribution in [2.75, 3.05) is 13.2 Å². The van der Waals surface area contributed by atoms with E-state index in [1.54, 1.807) is 6.92 Å². The Labute approximate surface area is 83.0 Å². The van der Waals surface area contributed by atoms with Crippen molar-refractivity contribution in [2.24, 2.45) is 11.7 Å². The van der Waals surface area contributed by atoms with Gasteiger partial charge in [0.1, 0.15) is 6.04 Å². The lowest BCUT2D eigenvalue weighted by Gasteiger charge is -2.13. The molecule has 0 aromatic heterocycles. The number of carbonyl (C=O) groups excluding carboxylic acids is 2. The second-order valence-electron chi connectivity index (χ2n) is 3.37. The molecule has 1 rings (SSSR count). The molecule has 1 amide bonds. The molecule has 5 heteroatoms. The van der Waals surface area contributed by atoms with Gasteiger partial charge in [0.05, 0.1) is 6.61 Å². The first-order valence-electron chi connectivity index (χ1n) is 4.85. The van der Waals surface area contributed by atoms with Crippen LogP contribution in [0.15, 0.2) is 0 Å². The summed E-state index contributed by atoms with van der Waals surface area (Å²) in [5, 5.41) is 2.70. The fraction of sp³-hybridized carbons (Fsp3) is 0.778. The van der Waals surface area contributed by atoms with Crippen molar-refractivity contribution in [3.05, 3.63) is 0 Å². The maximum absolute atomic E-state index is 11.2. The smallest absolute Gasteiger partial charge is 0.322 e. The van der Waals surface area contributed by atoms with Crippen molar-refractivity contribution in [1.29, 1.82) is 0 Å². The molecule has 1 saturated heterocycles. The normalized spacial score (nSPS) is 23.0. The molecule has 0 aliphatic carbocycles. The number of nitrogens with one attached hydrogen (secondary N) is 1. The third kappa shape index (κ3) is 2.70. The second kappa shape index (κ2) is 4.95. The largest absolute Gasteiger partial charge is 0.465 e. The van der Waals surface area contributed by atoms with E-state index in [-0.39, 0.29) is 11.8 Å². The first-order chi connectivity index (χ1) is 6.65. The van der Waals surface area contributed by atoms with Gasteiger partial charge in [-0.15, -0.1) is 0 Å². The molecule has 0 aromatic rings. The summed E-state index contributed by atoms with van der Waals surface area (Å²) in [4.78, 5) is 22.3. The Hall–Kier alpha value is -1.10. The van der Waals surface area contributed by atoms with Gasteiger partial charge in [0.15, 0.2) is 0 Å². The zero-order valence-electron chi connectivity index (χ0n) is 8.29. The van der Waals surface area contributed by atoms with Crippen LogP contribution < -0.4 is 11.1 Å². The fourth-order valence-electron chi connectivity index (χ4n) is 1.52. The first kappa shape index (κ1) is 11.0. The van der Waals surface area contributed by atoms with E-state index in [1.807, 2.05) is 0 Å². The molecule has 0 unspecified atom stereocenters. The molecule has 0 spiro atoms. The minimum absolute atomic E-state index is 0.00949. The number of hydrogen-bond acceptors (Lipinski definition) is 4. The highest BCUT2D eigenvalue weighted by Crippen LogP contribution is 2.15. The van der Waals surface area contributed by atoms with Crippen molar-refractivity contribution in [2.45, 2.75) is 25.8 Å². The molecule has 1 fully saturated rings. The summed E-state index contributed by atoms with van der Waals surface area (Å²) in [5.74, 6) is -0.564. The summed E-state index contributed by atoms with van der Waals surface area (Å²) in [6.45, 7) is 2.73. The van der Waals surface area contributed by atoms with Crippen LogP contribution in [0, 0.1) is 5.92 Å². The average molecular weight is 200 g/mol. The van der Waals surface area contributed by atoms with Gasteiger partial charge >= 0.3 is 5.97 Å². The number of nitrogens with two attached hydrogens (primary N) is 1. The molecular weight excluding hydrogens is 184 g/mol.